The molecule has 2 rings (SSSR count). The van der Waals surface area contributed by atoms with Crippen LogP contribution in [0.25, 0.3) is 10.6 Å². The molecular formula is C12H13Cl2NO2S. The zero-order chi connectivity index (χ0) is 12.3. The topological polar surface area (TPSA) is 31.4 Å². The van der Waals surface area contributed by atoms with E-state index in [0.717, 1.165) is 27.8 Å². The summed E-state index contributed by atoms with van der Waals surface area (Å²) in [5.41, 5.74) is 1.83. The Balaban J connectivity index is 0.00000162. The average Bonchev–Trinajstić information content (AvgIpc) is 2.86. The maximum atomic E-state index is 5.74. The lowest BCUT2D eigenvalue weighted by Gasteiger charge is -2.08. The summed E-state index contributed by atoms with van der Waals surface area (Å²) in [4.78, 5) is 4.43. The zero-order valence-electron chi connectivity index (χ0n) is 9.97. The van der Waals surface area contributed by atoms with Gasteiger partial charge in [-0.15, -0.1) is 35.3 Å². The lowest BCUT2D eigenvalue weighted by Crippen LogP contribution is -1.90. The van der Waals surface area contributed by atoms with Crippen molar-refractivity contribution < 1.29 is 9.47 Å². The molecule has 1 heterocycles. The first kappa shape index (κ1) is 15.1. The fourth-order valence-corrected chi connectivity index (χ4v) is 2.54. The molecule has 0 fully saturated rings. The molecule has 0 N–H and O–H groups in total. The van der Waals surface area contributed by atoms with Crippen LogP contribution >= 0.6 is 35.3 Å². The number of nitrogens with zero attached hydrogens (tertiary/aromatic N) is 1. The van der Waals surface area contributed by atoms with Gasteiger partial charge in [0, 0.05) is 11.4 Å². The normalized spacial score (nSPS) is 9.72. The summed E-state index contributed by atoms with van der Waals surface area (Å²) in [6.45, 7) is 0. The molecule has 0 aliphatic carbocycles. The van der Waals surface area contributed by atoms with Crippen LogP contribution in [-0.2, 0) is 5.88 Å². The minimum Gasteiger partial charge on any atom is -0.497 e. The van der Waals surface area contributed by atoms with Gasteiger partial charge in [-0.25, -0.2) is 4.98 Å². The van der Waals surface area contributed by atoms with Crippen molar-refractivity contribution in [1.82, 2.24) is 4.98 Å². The standard InChI is InChI=1S/C12H12ClNO2S.ClH/c1-15-9-3-4-10(11(5-9)16-2)12-14-8(6-13)7-17-12;/h3-5,7H,6H2,1-2H3;1H. The molecule has 1 aromatic heterocycles. The summed E-state index contributed by atoms with van der Waals surface area (Å²) in [6, 6.07) is 5.67. The predicted octanol–water partition coefficient (Wildman–Crippen LogP) is 3.99. The molecule has 0 saturated heterocycles. The second-order valence-corrected chi connectivity index (χ2v) is 4.47. The minimum absolute atomic E-state index is 0. The molecule has 0 radical (unpaired) electrons. The molecule has 0 bridgehead atoms. The van der Waals surface area contributed by atoms with Crippen molar-refractivity contribution >= 4 is 35.3 Å². The van der Waals surface area contributed by atoms with Gasteiger partial charge in [-0.1, -0.05) is 0 Å². The number of ether oxygens (including phenoxy) is 2. The summed E-state index contributed by atoms with van der Waals surface area (Å²) < 4.78 is 10.5. The number of benzene rings is 1. The van der Waals surface area contributed by atoms with Crippen LogP contribution < -0.4 is 9.47 Å². The summed E-state index contributed by atoms with van der Waals surface area (Å²) in [5.74, 6) is 1.94. The maximum Gasteiger partial charge on any atom is 0.132 e. The van der Waals surface area contributed by atoms with E-state index in [4.69, 9.17) is 21.1 Å². The minimum atomic E-state index is 0. The SMILES string of the molecule is COc1ccc(-c2nc(CCl)cs2)c(OC)c1.Cl. The van der Waals surface area contributed by atoms with Crippen molar-refractivity contribution in [2.45, 2.75) is 5.88 Å². The summed E-state index contributed by atoms with van der Waals surface area (Å²) in [6.07, 6.45) is 0. The van der Waals surface area contributed by atoms with E-state index in [1.54, 1.807) is 25.6 Å². The smallest absolute Gasteiger partial charge is 0.132 e. The van der Waals surface area contributed by atoms with Crippen molar-refractivity contribution in [2.24, 2.45) is 0 Å². The Morgan fingerprint density at radius 1 is 1.28 bits per heavy atom. The number of hydrogen-bond donors (Lipinski definition) is 0. The molecule has 1 aromatic carbocycles. The van der Waals surface area contributed by atoms with Gasteiger partial charge in [-0.05, 0) is 12.1 Å². The molecule has 18 heavy (non-hydrogen) atoms. The fraction of sp³-hybridized carbons (Fsp3) is 0.250. The van der Waals surface area contributed by atoms with Crippen LogP contribution in [0.4, 0.5) is 0 Å². The Hall–Kier alpha value is -0.970. The van der Waals surface area contributed by atoms with Crippen LogP contribution in [0.2, 0.25) is 0 Å². The van der Waals surface area contributed by atoms with E-state index in [-0.39, 0.29) is 12.4 Å². The number of thiazole rings is 1. The maximum absolute atomic E-state index is 5.74. The van der Waals surface area contributed by atoms with Gasteiger partial charge >= 0.3 is 0 Å². The molecule has 0 aliphatic rings. The molecule has 2 aromatic rings. The van der Waals surface area contributed by atoms with Gasteiger partial charge in [0.15, 0.2) is 0 Å². The van der Waals surface area contributed by atoms with Gasteiger partial charge in [0.25, 0.3) is 0 Å². The lowest BCUT2D eigenvalue weighted by atomic mass is 10.2. The molecule has 6 heteroatoms. The van der Waals surface area contributed by atoms with E-state index in [9.17, 15) is 0 Å². The highest BCUT2D eigenvalue weighted by molar-refractivity contribution is 7.13. The van der Waals surface area contributed by atoms with E-state index in [1.807, 2.05) is 23.6 Å². The van der Waals surface area contributed by atoms with E-state index >= 15 is 0 Å². The molecule has 0 aliphatic heterocycles. The monoisotopic (exact) mass is 305 g/mol. The highest BCUT2D eigenvalue weighted by atomic mass is 35.5. The third-order valence-corrected chi connectivity index (χ3v) is 3.53. The number of halogens is 2. The van der Waals surface area contributed by atoms with Gasteiger partial charge in [0.1, 0.15) is 16.5 Å². The Morgan fingerprint density at radius 2 is 2.06 bits per heavy atom. The Kier molecular flexibility index (Phi) is 5.72. The molecule has 0 spiro atoms. The van der Waals surface area contributed by atoms with E-state index < -0.39 is 0 Å². The first-order valence-corrected chi connectivity index (χ1v) is 6.42. The lowest BCUT2D eigenvalue weighted by molar-refractivity contribution is 0.395. The molecule has 0 unspecified atom stereocenters. The zero-order valence-corrected chi connectivity index (χ0v) is 12.4. The molecular weight excluding hydrogens is 293 g/mol. The first-order chi connectivity index (χ1) is 8.28. The molecule has 0 saturated carbocycles. The van der Waals surface area contributed by atoms with Crippen molar-refractivity contribution in [1.29, 1.82) is 0 Å². The van der Waals surface area contributed by atoms with Crippen LogP contribution in [-0.4, -0.2) is 19.2 Å². The Morgan fingerprint density at radius 3 is 2.61 bits per heavy atom. The van der Waals surface area contributed by atoms with Crippen molar-refractivity contribution in [3.63, 3.8) is 0 Å². The van der Waals surface area contributed by atoms with Crippen LogP contribution in [0, 0.1) is 0 Å². The molecule has 3 nitrogen and oxygen atoms in total. The quantitative estimate of drug-likeness (QED) is 0.800. The average molecular weight is 306 g/mol. The number of aromatic nitrogens is 1. The third-order valence-electron chi connectivity index (χ3n) is 2.33. The number of alkyl halides is 1. The highest BCUT2D eigenvalue weighted by Gasteiger charge is 2.11. The third kappa shape index (κ3) is 3.07. The fourth-order valence-electron chi connectivity index (χ4n) is 1.47. The number of hydrogen-bond acceptors (Lipinski definition) is 4. The van der Waals surface area contributed by atoms with Crippen molar-refractivity contribution in [3.05, 3.63) is 29.3 Å². The van der Waals surface area contributed by atoms with Gasteiger partial charge < -0.3 is 9.47 Å². The first-order valence-electron chi connectivity index (χ1n) is 5.01. The molecule has 0 atom stereocenters. The van der Waals surface area contributed by atoms with Gasteiger partial charge in [0.2, 0.25) is 0 Å². The highest BCUT2D eigenvalue weighted by Crippen LogP contribution is 2.35. The van der Waals surface area contributed by atoms with Gasteiger partial charge in [0.05, 0.1) is 31.4 Å². The summed E-state index contributed by atoms with van der Waals surface area (Å²) >= 11 is 7.30. The van der Waals surface area contributed by atoms with Gasteiger partial charge in [-0.2, -0.15) is 0 Å². The second kappa shape index (κ2) is 6.83. The van der Waals surface area contributed by atoms with Crippen molar-refractivity contribution in [2.75, 3.05) is 14.2 Å². The number of rotatable bonds is 4. The van der Waals surface area contributed by atoms with Gasteiger partial charge in [-0.3, -0.25) is 0 Å². The van der Waals surface area contributed by atoms with Crippen LogP contribution in [0.3, 0.4) is 0 Å². The molecule has 0 amide bonds. The van der Waals surface area contributed by atoms with Crippen LogP contribution in [0.5, 0.6) is 11.5 Å². The summed E-state index contributed by atoms with van der Waals surface area (Å²) in [7, 11) is 3.26. The second-order valence-electron chi connectivity index (χ2n) is 3.34. The van der Waals surface area contributed by atoms with E-state index in [1.165, 1.54) is 0 Å². The predicted molar refractivity (Wildman–Crippen MR) is 77.5 cm³/mol. The van der Waals surface area contributed by atoms with E-state index in [0.29, 0.717) is 5.88 Å². The van der Waals surface area contributed by atoms with E-state index in [2.05, 4.69) is 4.98 Å². The largest absolute Gasteiger partial charge is 0.497 e. The summed E-state index contributed by atoms with van der Waals surface area (Å²) in [5, 5.41) is 2.85. The molecule has 98 valence electrons. The Labute approximate surface area is 121 Å². The Bertz CT molecular complexity index is 517. The number of methoxy groups -OCH3 is 2. The van der Waals surface area contributed by atoms with Crippen LogP contribution in [0.15, 0.2) is 23.6 Å². The van der Waals surface area contributed by atoms with Crippen LogP contribution in [0.1, 0.15) is 5.69 Å². The van der Waals surface area contributed by atoms with Crippen molar-refractivity contribution in [3.8, 4) is 22.1 Å².